The van der Waals surface area contributed by atoms with Gasteiger partial charge in [0.15, 0.2) is 5.78 Å². The maximum atomic E-state index is 13.5. The Hall–Kier alpha value is -3.61. The predicted molar refractivity (Wildman–Crippen MR) is 120 cm³/mol. The molecule has 1 amide bonds. The number of nitrogens with zero attached hydrogens (tertiary/aromatic N) is 3. The molecule has 1 atom stereocenters. The van der Waals surface area contributed by atoms with Gasteiger partial charge in [0, 0.05) is 44.2 Å². The fraction of sp³-hybridized carbons (Fsp3) is 0.292. The van der Waals surface area contributed by atoms with E-state index in [2.05, 4.69) is 5.32 Å². The molecule has 2 aliphatic rings. The highest BCUT2D eigenvalue weighted by Gasteiger charge is 2.33. The molecular formula is C24H26N4O3. The van der Waals surface area contributed by atoms with Crippen molar-refractivity contribution >= 4 is 17.8 Å². The maximum Gasteiger partial charge on any atom is 0.260 e. The topological polar surface area (TPSA) is 76.3 Å². The number of hydrogen-bond donors (Lipinski definition) is 1. The number of fused-ring (bicyclic) bond motifs is 1. The van der Waals surface area contributed by atoms with Gasteiger partial charge in [0.25, 0.3) is 11.5 Å². The third-order valence-corrected chi connectivity index (χ3v) is 6.08. The average molecular weight is 418 g/mol. The lowest BCUT2D eigenvalue weighted by atomic mass is 9.97. The van der Waals surface area contributed by atoms with Crippen LogP contribution in [0.2, 0.25) is 0 Å². The number of dihydropyridines is 1. The average Bonchev–Trinajstić information content (AvgIpc) is 3.07. The van der Waals surface area contributed by atoms with E-state index in [4.69, 9.17) is 0 Å². The van der Waals surface area contributed by atoms with Crippen molar-refractivity contribution in [1.82, 2.24) is 19.4 Å². The van der Waals surface area contributed by atoms with Crippen molar-refractivity contribution in [2.45, 2.75) is 26.3 Å². The first-order chi connectivity index (χ1) is 14.8. The van der Waals surface area contributed by atoms with Crippen LogP contribution in [-0.4, -0.2) is 39.3 Å². The number of allylic oxidation sites excluding steroid dienone is 3. The lowest BCUT2D eigenvalue weighted by molar-refractivity contribution is 0.0826. The van der Waals surface area contributed by atoms with Crippen molar-refractivity contribution in [3.63, 3.8) is 0 Å². The Balaban J connectivity index is 1.86. The number of carbonyl (C=O) groups is 2. The zero-order valence-electron chi connectivity index (χ0n) is 18.2. The number of nitrogens with one attached hydrogen (secondary N) is 1. The van der Waals surface area contributed by atoms with Gasteiger partial charge in [0.2, 0.25) is 0 Å². The fourth-order valence-corrected chi connectivity index (χ4v) is 4.27. The second-order valence-corrected chi connectivity index (χ2v) is 7.97. The van der Waals surface area contributed by atoms with Crippen LogP contribution in [0.3, 0.4) is 0 Å². The summed E-state index contributed by atoms with van der Waals surface area (Å²) in [5.74, 6) is -0.279. The van der Waals surface area contributed by atoms with Crippen molar-refractivity contribution < 1.29 is 9.59 Å². The third-order valence-electron chi connectivity index (χ3n) is 6.08. The van der Waals surface area contributed by atoms with Crippen LogP contribution in [0.1, 0.15) is 57.1 Å². The molecule has 0 spiro atoms. The lowest BCUT2D eigenvalue weighted by Gasteiger charge is -2.23. The summed E-state index contributed by atoms with van der Waals surface area (Å²) in [5, 5.41) is 3.10. The van der Waals surface area contributed by atoms with Gasteiger partial charge in [-0.3, -0.25) is 14.4 Å². The molecule has 7 nitrogen and oxygen atoms in total. The molecule has 0 saturated heterocycles. The van der Waals surface area contributed by atoms with Gasteiger partial charge in [-0.15, -0.1) is 0 Å². The molecule has 0 fully saturated rings. The number of Topliss-reactive ketones (excluding diaryl/α,β-unsaturated/α-hetero) is 1. The van der Waals surface area contributed by atoms with Crippen molar-refractivity contribution in [3.8, 4) is 0 Å². The predicted octanol–water partition coefficient (Wildman–Crippen LogP) is 2.78. The minimum absolute atomic E-state index is 0.0667. The second kappa shape index (κ2) is 7.91. The Morgan fingerprint density at radius 1 is 1.29 bits per heavy atom. The van der Waals surface area contributed by atoms with Crippen LogP contribution in [0.15, 0.2) is 53.2 Å². The molecule has 7 heteroatoms. The smallest absolute Gasteiger partial charge is 0.260 e. The summed E-state index contributed by atoms with van der Waals surface area (Å²) < 4.78 is 3.51. The van der Waals surface area contributed by atoms with Crippen LogP contribution in [0, 0.1) is 6.92 Å². The largest absolute Gasteiger partial charge is 0.385 e. The SMILES string of the molecule is Cc1c(C(=O)N(C)C2=CC=CNC2)c2c(n1C(C)c1ccn(C)c(=O)c1)C=CCC2=O. The molecular weight excluding hydrogens is 392 g/mol. The highest BCUT2D eigenvalue weighted by molar-refractivity contribution is 6.13. The van der Waals surface area contributed by atoms with Crippen molar-refractivity contribution in [3.05, 3.63) is 86.9 Å². The number of likely N-dealkylation sites (N-methyl/N-ethyl adjacent to an activating group) is 1. The van der Waals surface area contributed by atoms with Gasteiger partial charge >= 0.3 is 0 Å². The minimum atomic E-state index is -0.219. The molecule has 0 saturated carbocycles. The quantitative estimate of drug-likeness (QED) is 0.828. The minimum Gasteiger partial charge on any atom is -0.385 e. The Kier molecular flexibility index (Phi) is 5.27. The Morgan fingerprint density at radius 2 is 2.06 bits per heavy atom. The van der Waals surface area contributed by atoms with E-state index in [-0.39, 0.29) is 29.7 Å². The lowest BCUT2D eigenvalue weighted by Crippen LogP contribution is -2.32. The molecule has 2 aromatic heterocycles. The summed E-state index contributed by atoms with van der Waals surface area (Å²) in [7, 11) is 3.43. The van der Waals surface area contributed by atoms with Crippen molar-refractivity contribution in [2.24, 2.45) is 7.05 Å². The molecule has 3 heterocycles. The highest BCUT2D eigenvalue weighted by Crippen LogP contribution is 2.34. The zero-order valence-corrected chi connectivity index (χ0v) is 18.2. The number of rotatable bonds is 4. The van der Waals surface area contributed by atoms with Gasteiger partial charge in [-0.1, -0.05) is 6.08 Å². The van der Waals surface area contributed by atoms with Crippen molar-refractivity contribution in [2.75, 3.05) is 13.6 Å². The van der Waals surface area contributed by atoms with E-state index in [9.17, 15) is 14.4 Å². The van der Waals surface area contributed by atoms with Crippen LogP contribution >= 0.6 is 0 Å². The molecule has 0 radical (unpaired) electrons. The molecule has 160 valence electrons. The van der Waals surface area contributed by atoms with E-state index in [0.29, 0.717) is 23.4 Å². The van der Waals surface area contributed by atoms with Crippen LogP contribution < -0.4 is 10.9 Å². The fourth-order valence-electron chi connectivity index (χ4n) is 4.27. The zero-order chi connectivity index (χ0) is 22.3. The van der Waals surface area contributed by atoms with Gasteiger partial charge < -0.3 is 19.4 Å². The molecule has 1 N–H and O–H groups in total. The number of ketones is 1. The Morgan fingerprint density at radius 3 is 2.74 bits per heavy atom. The van der Waals surface area contributed by atoms with E-state index in [1.807, 2.05) is 55.0 Å². The summed E-state index contributed by atoms with van der Waals surface area (Å²) in [6.07, 6.45) is 11.3. The van der Waals surface area contributed by atoms with Crippen LogP contribution in [0.4, 0.5) is 0 Å². The van der Waals surface area contributed by atoms with E-state index in [1.54, 1.807) is 31.3 Å². The number of aryl methyl sites for hydroxylation is 1. The van der Waals surface area contributed by atoms with Gasteiger partial charge in [0.1, 0.15) is 0 Å². The van der Waals surface area contributed by atoms with E-state index >= 15 is 0 Å². The molecule has 1 aliphatic heterocycles. The first-order valence-corrected chi connectivity index (χ1v) is 10.3. The van der Waals surface area contributed by atoms with E-state index in [1.165, 1.54) is 4.57 Å². The number of pyridine rings is 1. The monoisotopic (exact) mass is 418 g/mol. The number of aromatic nitrogens is 2. The molecule has 4 rings (SSSR count). The number of hydrogen-bond acceptors (Lipinski definition) is 4. The highest BCUT2D eigenvalue weighted by atomic mass is 16.2. The first-order valence-electron chi connectivity index (χ1n) is 10.3. The molecule has 0 aromatic carbocycles. The van der Waals surface area contributed by atoms with Gasteiger partial charge in [0.05, 0.1) is 29.4 Å². The normalized spacial score (nSPS) is 15.9. The Bertz CT molecular complexity index is 1230. The van der Waals surface area contributed by atoms with Gasteiger partial charge in [-0.05, 0) is 49.9 Å². The van der Waals surface area contributed by atoms with Crippen LogP contribution in [-0.2, 0) is 7.05 Å². The van der Waals surface area contributed by atoms with E-state index in [0.717, 1.165) is 17.0 Å². The number of amides is 1. The van der Waals surface area contributed by atoms with Crippen LogP contribution in [0.5, 0.6) is 0 Å². The first kappa shape index (κ1) is 20.7. The molecule has 2 aromatic rings. The summed E-state index contributed by atoms with van der Waals surface area (Å²) in [4.78, 5) is 40.2. The molecule has 1 aliphatic carbocycles. The Labute approximate surface area is 181 Å². The molecule has 0 bridgehead atoms. The maximum absolute atomic E-state index is 13.5. The summed E-state index contributed by atoms with van der Waals surface area (Å²) >= 11 is 0. The standard InChI is InChI=1S/C24H26N4O3/c1-15(17-10-12-26(3)21(30)13-17)28-16(2)22(23-19(28)8-5-9-20(23)29)24(31)27(4)18-7-6-11-25-14-18/h5-8,10-13,15,25H,9,14H2,1-4H3. The third kappa shape index (κ3) is 3.46. The molecule has 1 unspecified atom stereocenters. The summed E-state index contributed by atoms with van der Waals surface area (Å²) in [5.41, 5.74) is 3.88. The van der Waals surface area contributed by atoms with E-state index < -0.39 is 0 Å². The summed E-state index contributed by atoms with van der Waals surface area (Å²) in [6.45, 7) is 4.38. The van der Waals surface area contributed by atoms with Crippen molar-refractivity contribution in [1.29, 1.82) is 0 Å². The summed E-state index contributed by atoms with van der Waals surface area (Å²) in [6, 6.07) is 3.28. The second-order valence-electron chi connectivity index (χ2n) is 7.97. The van der Waals surface area contributed by atoms with Crippen LogP contribution in [0.25, 0.3) is 6.08 Å². The number of carbonyl (C=O) groups excluding carboxylic acids is 2. The molecule has 31 heavy (non-hydrogen) atoms. The van der Waals surface area contributed by atoms with Gasteiger partial charge in [-0.2, -0.15) is 0 Å². The van der Waals surface area contributed by atoms with Gasteiger partial charge in [-0.25, -0.2) is 0 Å².